The zero-order valence-corrected chi connectivity index (χ0v) is 10.4. The fraction of sp³-hybridized carbons (Fsp3) is 0.800. The van der Waals surface area contributed by atoms with Crippen LogP contribution in [0.2, 0.25) is 0 Å². The molecule has 0 fully saturated rings. The molecule has 0 aliphatic rings. The van der Waals surface area contributed by atoms with Crippen molar-refractivity contribution in [3.63, 3.8) is 0 Å². The molecule has 17 heavy (non-hydrogen) atoms. The summed E-state index contributed by atoms with van der Waals surface area (Å²) in [7, 11) is 3.29. The summed E-state index contributed by atoms with van der Waals surface area (Å²) in [5.41, 5.74) is 5.59. The lowest BCUT2D eigenvalue weighted by Crippen LogP contribution is -2.15. The molecule has 0 atom stereocenters. The van der Waals surface area contributed by atoms with Crippen molar-refractivity contribution in [1.82, 2.24) is 14.8 Å². The number of methoxy groups -OCH3 is 2. The van der Waals surface area contributed by atoms with Crippen LogP contribution in [0, 0.1) is 0 Å². The van der Waals surface area contributed by atoms with Crippen molar-refractivity contribution < 1.29 is 14.2 Å². The van der Waals surface area contributed by atoms with Crippen molar-refractivity contribution in [2.75, 3.05) is 34.0 Å². The van der Waals surface area contributed by atoms with Crippen LogP contribution in [0.25, 0.3) is 0 Å². The van der Waals surface area contributed by atoms with E-state index in [4.69, 9.17) is 19.9 Å². The van der Waals surface area contributed by atoms with Crippen molar-refractivity contribution in [1.29, 1.82) is 0 Å². The Morgan fingerprint density at radius 1 is 1.06 bits per heavy atom. The van der Waals surface area contributed by atoms with E-state index in [9.17, 15) is 0 Å². The molecule has 0 saturated heterocycles. The van der Waals surface area contributed by atoms with E-state index in [2.05, 4.69) is 10.2 Å². The zero-order chi connectivity index (χ0) is 12.5. The van der Waals surface area contributed by atoms with Crippen LogP contribution in [0.4, 0.5) is 0 Å². The molecule has 7 heteroatoms. The van der Waals surface area contributed by atoms with Gasteiger partial charge in [0.25, 0.3) is 0 Å². The fourth-order valence-electron chi connectivity index (χ4n) is 1.38. The van der Waals surface area contributed by atoms with E-state index < -0.39 is 0 Å². The Morgan fingerprint density at radius 3 is 2.41 bits per heavy atom. The SMILES string of the molecule is COCCOCc1nnc(CN)n1CCOC. The van der Waals surface area contributed by atoms with Gasteiger partial charge in [0.05, 0.1) is 26.4 Å². The van der Waals surface area contributed by atoms with Gasteiger partial charge in [-0.3, -0.25) is 0 Å². The predicted octanol–water partition coefficient (Wildman–Crippen LogP) is -0.454. The largest absolute Gasteiger partial charge is 0.383 e. The van der Waals surface area contributed by atoms with E-state index in [1.54, 1.807) is 14.2 Å². The molecule has 7 nitrogen and oxygen atoms in total. The van der Waals surface area contributed by atoms with Gasteiger partial charge in [-0.1, -0.05) is 0 Å². The van der Waals surface area contributed by atoms with Crippen LogP contribution in [0.1, 0.15) is 11.6 Å². The molecule has 1 heterocycles. The Morgan fingerprint density at radius 2 is 1.76 bits per heavy atom. The van der Waals surface area contributed by atoms with Crippen LogP contribution < -0.4 is 5.73 Å². The first kappa shape index (κ1) is 14.0. The van der Waals surface area contributed by atoms with Crippen molar-refractivity contribution in [3.8, 4) is 0 Å². The number of aromatic nitrogens is 3. The summed E-state index contributed by atoms with van der Waals surface area (Å²) in [5.74, 6) is 1.51. The van der Waals surface area contributed by atoms with Gasteiger partial charge in [-0.15, -0.1) is 10.2 Å². The highest BCUT2D eigenvalue weighted by molar-refractivity contribution is 4.94. The van der Waals surface area contributed by atoms with Crippen LogP contribution in [0.3, 0.4) is 0 Å². The number of nitrogens with two attached hydrogens (primary N) is 1. The van der Waals surface area contributed by atoms with Gasteiger partial charge in [0, 0.05) is 20.8 Å². The zero-order valence-electron chi connectivity index (χ0n) is 10.4. The minimum absolute atomic E-state index is 0.356. The lowest BCUT2D eigenvalue weighted by molar-refractivity contribution is 0.0565. The van der Waals surface area contributed by atoms with Crippen LogP contribution in [0.15, 0.2) is 0 Å². The minimum Gasteiger partial charge on any atom is -0.383 e. The highest BCUT2D eigenvalue weighted by atomic mass is 16.5. The Bertz CT molecular complexity index is 316. The molecule has 98 valence electrons. The monoisotopic (exact) mass is 244 g/mol. The van der Waals surface area contributed by atoms with Gasteiger partial charge >= 0.3 is 0 Å². The van der Waals surface area contributed by atoms with Crippen LogP contribution in [-0.2, 0) is 33.9 Å². The maximum Gasteiger partial charge on any atom is 0.159 e. The average Bonchev–Trinajstić information content (AvgIpc) is 2.74. The molecule has 0 aliphatic carbocycles. The first-order valence-corrected chi connectivity index (χ1v) is 5.50. The van der Waals surface area contributed by atoms with Crippen molar-refractivity contribution in [2.45, 2.75) is 19.7 Å². The molecule has 0 aromatic carbocycles. The lowest BCUT2D eigenvalue weighted by Gasteiger charge is -2.09. The van der Waals surface area contributed by atoms with E-state index in [1.807, 2.05) is 4.57 Å². The highest BCUT2D eigenvalue weighted by Gasteiger charge is 2.10. The van der Waals surface area contributed by atoms with E-state index in [0.717, 1.165) is 11.6 Å². The third-order valence-electron chi connectivity index (χ3n) is 2.27. The Hall–Kier alpha value is -1.02. The molecule has 1 aromatic rings. The van der Waals surface area contributed by atoms with Gasteiger partial charge in [-0.2, -0.15) is 0 Å². The van der Waals surface area contributed by atoms with Gasteiger partial charge in [-0.05, 0) is 0 Å². The van der Waals surface area contributed by atoms with Crippen LogP contribution in [0.5, 0.6) is 0 Å². The molecular formula is C10H20N4O3. The van der Waals surface area contributed by atoms with Gasteiger partial charge in [0.2, 0.25) is 0 Å². The second-order valence-electron chi connectivity index (χ2n) is 3.43. The molecule has 0 radical (unpaired) electrons. The Kier molecular flexibility index (Phi) is 6.71. The summed E-state index contributed by atoms with van der Waals surface area (Å²) in [6.45, 7) is 3.13. The number of hydrogen-bond acceptors (Lipinski definition) is 6. The summed E-state index contributed by atoms with van der Waals surface area (Å²) < 4.78 is 17.3. The first-order chi connectivity index (χ1) is 8.33. The number of nitrogens with zero attached hydrogens (tertiary/aromatic N) is 3. The molecule has 0 amide bonds. The molecule has 0 saturated carbocycles. The standard InChI is InChI=1S/C10H20N4O3/c1-15-4-3-14-9(7-11)12-13-10(14)8-17-6-5-16-2/h3-8,11H2,1-2H3. The summed E-state index contributed by atoms with van der Waals surface area (Å²) in [6, 6.07) is 0. The molecule has 0 unspecified atom stereocenters. The molecule has 0 aliphatic heterocycles. The van der Waals surface area contributed by atoms with Gasteiger partial charge < -0.3 is 24.5 Å². The quantitative estimate of drug-likeness (QED) is 0.592. The van der Waals surface area contributed by atoms with E-state index in [-0.39, 0.29) is 0 Å². The molecular weight excluding hydrogens is 224 g/mol. The smallest absolute Gasteiger partial charge is 0.159 e. The molecule has 1 aromatic heterocycles. The van der Waals surface area contributed by atoms with Crippen LogP contribution >= 0.6 is 0 Å². The topological polar surface area (TPSA) is 84.4 Å². The second kappa shape index (κ2) is 8.13. The highest BCUT2D eigenvalue weighted by Crippen LogP contribution is 2.03. The normalized spacial score (nSPS) is 11.0. The number of rotatable bonds is 9. The third kappa shape index (κ3) is 4.39. The minimum atomic E-state index is 0.356. The van der Waals surface area contributed by atoms with Crippen molar-refractivity contribution in [2.24, 2.45) is 5.73 Å². The molecule has 2 N–H and O–H groups in total. The van der Waals surface area contributed by atoms with Gasteiger partial charge in [-0.25, -0.2) is 0 Å². The summed E-state index contributed by atoms with van der Waals surface area (Å²) in [5, 5.41) is 8.06. The molecule has 1 rings (SSSR count). The fourth-order valence-corrected chi connectivity index (χ4v) is 1.38. The van der Waals surface area contributed by atoms with Crippen molar-refractivity contribution >= 4 is 0 Å². The number of hydrogen-bond donors (Lipinski definition) is 1. The first-order valence-electron chi connectivity index (χ1n) is 5.50. The maximum atomic E-state index is 5.59. The molecule has 0 bridgehead atoms. The van der Waals surface area contributed by atoms with Gasteiger partial charge in [0.1, 0.15) is 12.4 Å². The predicted molar refractivity (Wildman–Crippen MR) is 61.3 cm³/mol. The lowest BCUT2D eigenvalue weighted by atomic mass is 10.5. The summed E-state index contributed by atoms with van der Waals surface area (Å²) in [4.78, 5) is 0. The average molecular weight is 244 g/mol. The number of ether oxygens (including phenoxy) is 3. The summed E-state index contributed by atoms with van der Waals surface area (Å²) >= 11 is 0. The third-order valence-corrected chi connectivity index (χ3v) is 2.27. The van der Waals surface area contributed by atoms with E-state index in [1.165, 1.54) is 0 Å². The summed E-state index contributed by atoms with van der Waals surface area (Å²) in [6.07, 6.45) is 0. The maximum absolute atomic E-state index is 5.59. The Labute approximate surface area is 101 Å². The molecule has 0 spiro atoms. The van der Waals surface area contributed by atoms with Gasteiger partial charge in [0.15, 0.2) is 5.82 Å². The van der Waals surface area contributed by atoms with E-state index in [0.29, 0.717) is 39.5 Å². The van der Waals surface area contributed by atoms with Crippen molar-refractivity contribution in [3.05, 3.63) is 11.6 Å². The Balaban J connectivity index is 2.53. The van der Waals surface area contributed by atoms with E-state index >= 15 is 0 Å². The van der Waals surface area contributed by atoms with Crippen LogP contribution in [-0.4, -0.2) is 48.8 Å². The second-order valence-corrected chi connectivity index (χ2v) is 3.43.